The minimum Gasteiger partial charge on any atom is -0.365 e. The van der Waals surface area contributed by atoms with Gasteiger partial charge in [0.15, 0.2) is 9.84 Å². The van der Waals surface area contributed by atoms with Gasteiger partial charge in [-0.3, -0.25) is 4.57 Å². The summed E-state index contributed by atoms with van der Waals surface area (Å²) in [6.07, 6.45) is -2.66. The third-order valence-corrected chi connectivity index (χ3v) is 9.40. The van der Waals surface area contributed by atoms with Crippen molar-refractivity contribution < 1.29 is 35.9 Å². The van der Waals surface area contributed by atoms with Crippen LogP contribution in [0.2, 0.25) is 0 Å². The smallest absolute Gasteiger partial charge is 0.365 e. The number of hydrogen-bond donors (Lipinski definition) is 4. The van der Waals surface area contributed by atoms with E-state index in [1.54, 1.807) is 32.0 Å². The fraction of sp³-hybridized carbons (Fsp3) is 0.333. The molecule has 38 heavy (non-hydrogen) atoms. The fourth-order valence-corrected chi connectivity index (χ4v) is 6.09. The summed E-state index contributed by atoms with van der Waals surface area (Å²) in [6, 6.07) is 12.0. The second-order valence-corrected chi connectivity index (χ2v) is 12.7. The highest BCUT2D eigenvalue weighted by atomic mass is 32.2. The normalized spacial score (nSPS) is 12.8. The highest BCUT2D eigenvalue weighted by Gasteiger charge is 2.45. The largest absolute Gasteiger partial charge is 0.421 e. The van der Waals surface area contributed by atoms with Gasteiger partial charge in [0.1, 0.15) is 11.4 Å². The summed E-state index contributed by atoms with van der Waals surface area (Å²) in [5.74, 6) is -0.653. The number of rotatable bonds is 10. The first-order chi connectivity index (χ1) is 17.6. The molecule has 3 rings (SSSR count). The maximum Gasteiger partial charge on any atom is 0.421 e. The Balaban J connectivity index is 1.88. The molecule has 0 amide bonds. The van der Waals surface area contributed by atoms with Crippen LogP contribution in [0.15, 0.2) is 59.6 Å². The van der Waals surface area contributed by atoms with Crippen molar-refractivity contribution in [2.45, 2.75) is 49.5 Å². The summed E-state index contributed by atoms with van der Waals surface area (Å²) in [5, 5.41) is 4.06. The molecule has 206 valence electrons. The molecule has 3 aromatic rings. The molecule has 14 heteroatoms. The van der Waals surface area contributed by atoms with Crippen molar-refractivity contribution in [2.75, 3.05) is 16.9 Å². The van der Waals surface area contributed by atoms with E-state index in [1.807, 2.05) is 0 Å². The molecule has 0 radical (unpaired) electrons. The van der Waals surface area contributed by atoms with E-state index in [2.05, 4.69) is 20.6 Å². The topological polar surface area (TPSA) is 142 Å². The third-order valence-electron chi connectivity index (χ3n) is 6.29. The van der Waals surface area contributed by atoms with Crippen LogP contribution in [0.4, 0.5) is 30.6 Å². The minimum absolute atomic E-state index is 0.0373. The quantitative estimate of drug-likeness (QED) is 0.233. The SMILES string of the molecule is CCC(CC)(c1ccc(Nc2ncc(C(F)(F)F)c(NCc3cccc(S(C)(=O)=O)c3)n2)cc1)P(=O)(O)O. The van der Waals surface area contributed by atoms with Crippen LogP contribution in [0.1, 0.15) is 43.4 Å². The Labute approximate surface area is 218 Å². The first-order valence-corrected chi connectivity index (χ1v) is 15.0. The van der Waals surface area contributed by atoms with Gasteiger partial charge in [0, 0.05) is 24.7 Å². The number of nitrogens with zero attached hydrogens (tertiary/aromatic N) is 2. The van der Waals surface area contributed by atoms with Crippen molar-refractivity contribution in [3.63, 3.8) is 0 Å². The molecule has 0 saturated heterocycles. The minimum atomic E-state index is -4.75. The molecule has 0 bridgehead atoms. The Hall–Kier alpha value is -2.99. The van der Waals surface area contributed by atoms with Gasteiger partial charge < -0.3 is 20.4 Å². The van der Waals surface area contributed by atoms with E-state index < -0.39 is 40.1 Å². The number of aromatic nitrogens is 2. The van der Waals surface area contributed by atoms with Crippen molar-refractivity contribution in [1.82, 2.24) is 9.97 Å². The summed E-state index contributed by atoms with van der Waals surface area (Å²) in [6.45, 7) is 3.25. The van der Waals surface area contributed by atoms with E-state index in [0.717, 1.165) is 6.26 Å². The molecule has 0 aliphatic rings. The molecule has 0 unspecified atom stereocenters. The number of benzene rings is 2. The van der Waals surface area contributed by atoms with Gasteiger partial charge in [0.05, 0.1) is 10.1 Å². The Morgan fingerprint density at radius 3 is 2.18 bits per heavy atom. The summed E-state index contributed by atoms with van der Waals surface area (Å²) in [5.41, 5.74) is 0.167. The van der Waals surface area contributed by atoms with Gasteiger partial charge in [-0.2, -0.15) is 18.2 Å². The van der Waals surface area contributed by atoms with Crippen molar-refractivity contribution in [2.24, 2.45) is 0 Å². The van der Waals surface area contributed by atoms with Crippen LogP contribution >= 0.6 is 7.60 Å². The van der Waals surface area contributed by atoms with Crippen LogP contribution in [0.5, 0.6) is 0 Å². The third kappa shape index (κ3) is 6.52. The number of sulfone groups is 1. The lowest BCUT2D eigenvalue weighted by Gasteiger charge is -2.33. The van der Waals surface area contributed by atoms with Crippen LogP contribution < -0.4 is 10.6 Å². The van der Waals surface area contributed by atoms with Crippen LogP contribution in [-0.4, -0.2) is 34.4 Å². The number of anilines is 3. The molecule has 0 atom stereocenters. The lowest BCUT2D eigenvalue weighted by atomic mass is 9.92. The highest BCUT2D eigenvalue weighted by Crippen LogP contribution is 2.60. The van der Waals surface area contributed by atoms with Gasteiger partial charge in [-0.1, -0.05) is 38.1 Å². The summed E-state index contributed by atoms with van der Waals surface area (Å²) in [4.78, 5) is 27.6. The van der Waals surface area contributed by atoms with E-state index in [-0.39, 0.29) is 30.2 Å². The van der Waals surface area contributed by atoms with Crippen LogP contribution in [0, 0.1) is 0 Å². The Morgan fingerprint density at radius 2 is 1.66 bits per heavy atom. The number of nitrogens with one attached hydrogen (secondary N) is 2. The molecule has 4 N–H and O–H groups in total. The molecule has 0 spiro atoms. The molecule has 0 aliphatic heterocycles. The van der Waals surface area contributed by atoms with E-state index in [0.29, 0.717) is 23.0 Å². The average molecular weight is 573 g/mol. The molecule has 0 aliphatic carbocycles. The zero-order valence-electron chi connectivity index (χ0n) is 20.8. The Kier molecular flexibility index (Phi) is 8.57. The van der Waals surface area contributed by atoms with Gasteiger partial charge in [-0.05, 0) is 48.2 Å². The monoisotopic (exact) mass is 572 g/mol. The van der Waals surface area contributed by atoms with E-state index in [4.69, 9.17) is 0 Å². The Morgan fingerprint density at radius 1 is 1.03 bits per heavy atom. The van der Waals surface area contributed by atoms with Crippen molar-refractivity contribution >= 4 is 34.9 Å². The predicted molar refractivity (Wildman–Crippen MR) is 138 cm³/mol. The van der Waals surface area contributed by atoms with Crippen LogP contribution in [-0.2, 0) is 32.3 Å². The first-order valence-electron chi connectivity index (χ1n) is 11.5. The molecule has 2 aromatic carbocycles. The zero-order valence-corrected chi connectivity index (χ0v) is 22.5. The molecule has 0 saturated carbocycles. The van der Waals surface area contributed by atoms with Crippen molar-refractivity contribution in [3.05, 3.63) is 71.4 Å². The zero-order chi connectivity index (χ0) is 28.4. The van der Waals surface area contributed by atoms with Gasteiger partial charge >= 0.3 is 13.8 Å². The van der Waals surface area contributed by atoms with Gasteiger partial charge in [0.2, 0.25) is 5.95 Å². The first kappa shape index (κ1) is 29.6. The number of alkyl halides is 3. The Bertz CT molecular complexity index is 1440. The van der Waals surface area contributed by atoms with E-state index in [1.165, 1.54) is 30.3 Å². The lowest BCUT2D eigenvalue weighted by Crippen LogP contribution is -2.24. The van der Waals surface area contributed by atoms with E-state index >= 15 is 0 Å². The predicted octanol–water partition coefficient (Wildman–Crippen LogP) is 5.45. The maximum absolute atomic E-state index is 13.6. The summed E-state index contributed by atoms with van der Waals surface area (Å²) < 4.78 is 76.5. The highest BCUT2D eigenvalue weighted by molar-refractivity contribution is 7.90. The summed E-state index contributed by atoms with van der Waals surface area (Å²) >= 11 is 0. The van der Waals surface area contributed by atoms with E-state index in [9.17, 15) is 35.9 Å². The molecule has 9 nitrogen and oxygen atoms in total. The lowest BCUT2D eigenvalue weighted by molar-refractivity contribution is -0.137. The van der Waals surface area contributed by atoms with Crippen LogP contribution in [0.25, 0.3) is 0 Å². The fourth-order valence-electron chi connectivity index (χ4n) is 4.09. The molecule has 1 heterocycles. The second-order valence-electron chi connectivity index (χ2n) is 8.71. The average Bonchev–Trinajstić information content (AvgIpc) is 2.83. The van der Waals surface area contributed by atoms with Gasteiger partial charge in [0.25, 0.3) is 0 Å². The van der Waals surface area contributed by atoms with Gasteiger partial charge in [-0.25, -0.2) is 13.4 Å². The molecule has 1 aromatic heterocycles. The second kappa shape index (κ2) is 11.0. The van der Waals surface area contributed by atoms with Crippen molar-refractivity contribution in [3.8, 4) is 0 Å². The number of hydrogen-bond acceptors (Lipinski definition) is 7. The standard InChI is InChI=1S/C24H28F3N4O5PS/c1-4-23(5-2,37(32,33)34)17-9-11-18(12-10-17)30-22-29-15-20(24(25,26)27)21(31-22)28-14-16-7-6-8-19(13-16)38(3,35)36/h6-13,15H,4-5,14H2,1-3H3,(H2,32,33,34)(H2,28,29,30,31). The molecule has 0 fully saturated rings. The van der Waals surface area contributed by atoms with Crippen molar-refractivity contribution in [1.29, 1.82) is 0 Å². The molecular formula is C24H28F3N4O5PS. The molecular weight excluding hydrogens is 544 g/mol. The van der Waals surface area contributed by atoms with Gasteiger partial charge in [-0.15, -0.1) is 0 Å². The maximum atomic E-state index is 13.6. The van der Waals surface area contributed by atoms with Crippen LogP contribution in [0.3, 0.4) is 0 Å². The summed E-state index contributed by atoms with van der Waals surface area (Å²) in [7, 11) is -7.97. The number of halogens is 3.